The number of non-ortho nitro benzene ring substituents is 1. The number of carbonyl (C=O) groups excluding carboxylic acids is 1. The van der Waals surface area contributed by atoms with Gasteiger partial charge in [-0.1, -0.05) is 0 Å². The molecule has 1 aliphatic heterocycles. The number of rotatable bonds is 5. The molecule has 0 amide bonds. The van der Waals surface area contributed by atoms with E-state index in [1.807, 2.05) is 0 Å². The maximum Gasteiger partial charge on any atom is 0.339 e. The molecular weight excluding hydrogens is 280 g/mol. The molecule has 0 unspecified atom stereocenters. The van der Waals surface area contributed by atoms with Crippen LogP contribution in [-0.4, -0.2) is 50.5 Å². The summed E-state index contributed by atoms with van der Waals surface area (Å²) in [6.45, 7) is 0.818. The van der Waals surface area contributed by atoms with Crippen molar-refractivity contribution in [1.82, 2.24) is 0 Å². The molecule has 1 heterocycles. The van der Waals surface area contributed by atoms with Crippen LogP contribution < -0.4 is 5.32 Å². The second kappa shape index (κ2) is 6.51. The second-order valence-corrected chi connectivity index (χ2v) is 4.54. The SMILES string of the molecule is COC(=O)c1ccc([N+](=O)[O-])cc1N[C@@H]1COC[C@@H]1OC. The first kappa shape index (κ1) is 15.2. The van der Waals surface area contributed by atoms with Gasteiger partial charge in [-0.2, -0.15) is 0 Å². The van der Waals surface area contributed by atoms with Crippen molar-refractivity contribution in [3.8, 4) is 0 Å². The Morgan fingerprint density at radius 2 is 2.19 bits per heavy atom. The molecule has 8 heteroatoms. The Labute approximate surface area is 121 Å². The Morgan fingerprint density at radius 1 is 1.43 bits per heavy atom. The number of hydrogen-bond donors (Lipinski definition) is 1. The summed E-state index contributed by atoms with van der Waals surface area (Å²) in [7, 11) is 2.81. The lowest BCUT2D eigenvalue weighted by Crippen LogP contribution is -2.34. The van der Waals surface area contributed by atoms with Crippen molar-refractivity contribution in [3.63, 3.8) is 0 Å². The number of esters is 1. The van der Waals surface area contributed by atoms with Crippen LogP contribution in [0.2, 0.25) is 0 Å². The quantitative estimate of drug-likeness (QED) is 0.495. The summed E-state index contributed by atoms with van der Waals surface area (Å²) in [6, 6.07) is 3.73. The van der Waals surface area contributed by atoms with Crippen LogP contribution in [0.25, 0.3) is 0 Å². The molecule has 1 saturated heterocycles. The summed E-state index contributed by atoms with van der Waals surface area (Å²) in [4.78, 5) is 22.1. The standard InChI is InChI=1S/C13H16N2O6/c1-19-12-7-21-6-11(12)14-10-5-8(15(17)18)3-4-9(10)13(16)20-2/h3-5,11-12,14H,6-7H2,1-2H3/t11-,12+/m1/s1. The highest BCUT2D eigenvalue weighted by Gasteiger charge is 2.29. The van der Waals surface area contributed by atoms with Gasteiger partial charge in [0.15, 0.2) is 0 Å². The van der Waals surface area contributed by atoms with Crippen molar-refractivity contribution in [3.05, 3.63) is 33.9 Å². The average molecular weight is 296 g/mol. The first-order chi connectivity index (χ1) is 10.1. The van der Waals surface area contributed by atoms with Gasteiger partial charge >= 0.3 is 5.97 Å². The van der Waals surface area contributed by atoms with Gasteiger partial charge in [0, 0.05) is 19.2 Å². The summed E-state index contributed by atoms with van der Waals surface area (Å²) < 4.78 is 15.2. The van der Waals surface area contributed by atoms with Crippen LogP contribution in [0.1, 0.15) is 10.4 Å². The second-order valence-electron chi connectivity index (χ2n) is 4.54. The molecule has 0 radical (unpaired) electrons. The Balaban J connectivity index is 2.31. The van der Waals surface area contributed by atoms with Crippen LogP contribution in [-0.2, 0) is 14.2 Å². The molecule has 21 heavy (non-hydrogen) atoms. The van der Waals surface area contributed by atoms with Crippen LogP contribution >= 0.6 is 0 Å². The normalized spacial score (nSPS) is 21.0. The Morgan fingerprint density at radius 3 is 2.81 bits per heavy atom. The third-order valence-electron chi connectivity index (χ3n) is 3.29. The monoisotopic (exact) mass is 296 g/mol. The number of anilines is 1. The lowest BCUT2D eigenvalue weighted by molar-refractivity contribution is -0.384. The van der Waals surface area contributed by atoms with E-state index in [0.717, 1.165) is 0 Å². The van der Waals surface area contributed by atoms with E-state index in [1.54, 1.807) is 7.11 Å². The number of nitro groups is 1. The van der Waals surface area contributed by atoms with Gasteiger partial charge < -0.3 is 19.5 Å². The Bertz CT molecular complexity index is 547. The van der Waals surface area contributed by atoms with Crippen LogP contribution in [0.5, 0.6) is 0 Å². The van der Waals surface area contributed by atoms with E-state index in [-0.39, 0.29) is 23.4 Å². The third kappa shape index (κ3) is 3.29. The predicted molar refractivity (Wildman–Crippen MR) is 73.5 cm³/mol. The summed E-state index contributed by atoms with van der Waals surface area (Å²) in [5, 5.41) is 13.9. The van der Waals surface area contributed by atoms with Crippen LogP contribution in [0.3, 0.4) is 0 Å². The first-order valence-electron chi connectivity index (χ1n) is 6.30. The lowest BCUT2D eigenvalue weighted by atomic mass is 10.1. The minimum atomic E-state index is -0.569. The summed E-state index contributed by atoms with van der Waals surface area (Å²) >= 11 is 0. The van der Waals surface area contributed by atoms with Crippen molar-refractivity contribution >= 4 is 17.3 Å². The highest BCUT2D eigenvalue weighted by Crippen LogP contribution is 2.26. The molecule has 1 aliphatic rings. The number of carbonyl (C=O) groups is 1. The fraction of sp³-hybridized carbons (Fsp3) is 0.462. The minimum Gasteiger partial charge on any atom is -0.465 e. The molecule has 0 saturated carbocycles. The van der Waals surface area contributed by atoms with E-state index < -0.39 is 10.9 Å². The zero-order valence-electron chi connectivity index (χ0n) is 11.7. The number of ether oxygens (including phenoxy) is 3. The van der Waals surface area contributed by atoms with Crippen molar-refractivity contribution < 1.29 is 23.9 Å². The Hall–Kier alpha value is -2.19. The van der Waals surface area contributed by atoms with E-state index in [9.17, 15) is 14.9 Å². The largest absolute Gasteiger partial charge is 0.465 e. The van der Waals surface area contributed by atoms with E-state index >= 15 is 0 Å². The van der Waals surface area contributed by atoms with Gasteiger partial charge in [-0.15, -0.1) is 0 Å². The van der Waals surface area contributed by atoms with E-state index in [1.165, 1.54) is 25.3 Å². The van der Waals surface area contributed by atoms with E-state index in [4.69, 9.17) is 9.47 Å². The maximum absolute atomic E-state index is 11.7. The van der Waals surface area contributed by atoms with Gasteiger partial charge in [0.1, 0.15) is 6.10 Å². The zero-order valence-corrected chi connectivity index (χ0v) is 11.7. The summed E-state index contributed by atoms with van der Waals surface area (Å²) in [6.07, 6.45) is -0.185. The van der Waals surface area contributed by atoms with Crippen LogP contribution in [0, 0.1) is 10.1 Å². The molecule has 1 aromatic carbocycles. The van der Waals surface area contributed by atoms with Gasteiger partial charge in [-0.25, -0.2) is 4.79 Å². The minimum absolute atomic E-state index is 0.113. The summed E-state index contributed by atoms with van der Waals surface area (Å²) in [5.41, 5.74) is 0.441. The molecule has 1 aromatic rings. The predicted octanol–water partition coefficient (Wildman–Crippen LogP) is 1.21. The molecule has 8 nitrogen and oxygen atoms in total. The highest BCUT2D eigenvalue weighted by atomic mass is 16.6. The number of methoxy groups -OCH3 is 2. The number of nitrogens with zero attached hydrogens (tertiary/aromatic N) is 1. The molecule has 0 bridgehead atoms. The average Bonchev–Trinajstić information content (AvgIpc) is 2.93. The van der Waals surface area contributed by atoms with Crippen LogP contribution in [0.15, 0.2) is 18.2 Å². The molecule has 0 spiro atoms. The van der Waals surface area contributed by atoms with Crippen molar-refractivity contribution in [1.29, 1.82) is 0 Å². The third-order valence-corrected chi connectivity index (χ3v) is 3.29. The number of nitrogens with one attached hydrogen (secondary N) is 1. The molecule has 1 N–H and O–H groups in total. The number of benzene rings is 1. The topological polar surface area (TPSA) is 99.9 Å². The van der Waals surface area contributed by atoms with Gasteiger partial charge in [-0.3, -0.25) is 10.1 Å². The van der Waals surface area contributed by atoms with Crippen molar-refractivity contribution in [2.45, 2.75) is 12.1 Å². The van der Waals surface area contributed by atoms with Gasteiger partial charge in [0.05, 0.1) is 42.5 Å². The molecule has 1 fully saturated rings. The number of nitro benzene ring substituents is 1. The smallest absolute Gasteiger partial charge is 0.339 e. The van der Waals surface area contributed by atoms with Gasteiger partial charge in [-0.05, 0) is 6.07 Å². The fourth-order valence-corrected chi connectivity index (χ4v) is 2.15. The molecule has 2 atom stereocenters. The molecule has 114 valence electrons. The summed E-state index contributed by atoms with van der Waals surface area (Å²) in [5.74, 6) is -0.569. The maximum atomic E-state index is 11.7. The molecule has 0 aromatic heterocycles. The Kier molecular flexibility index (Phi) is 4.71. The van der Waals surface area contributed by atoms with E-state index in [2.05, 4.69) is 10.1 Å². The first-order valence-corrected chi connectivity index (χ1v) is 6.30. The molecule has 0 aliphatic carbocycles. The lowest BCUT2D eigenvalue weighted by Gasteiger charge is -2.20. The van der Waals surface area contributed by atoms with E-state index in [0.29, 0.717) is 18.9 Å². The fourth-order valence-electron chi connectivity index (χ4n) is 2.15. The van der Waals surface area contributed by atoms with Crippen molar-refractivity contribution in [2.75, 3.05) is 32.8 Å². The van der Waals surface area contributed by atoms with Gasteiger partial charge in [0.2, 0.25) is 0 Å². The molecular formula is C13H16N2O6. The van der Waals surface area contributed by atoms with Gasteiger partial charge in [0.25, 0.3) is 5.69 Å². The molecule has 2 rings (SSSR count). The highest BCUT2D eigenvalue weighted by molar-refractivity contribution is 5.96. The zero-order chi connectivity index (χ0) is 15.4. The number of hydrogen-bond acceptors (Lipinski definition) is 7. The van der Waals surface area contributed by atoms with Crippen molar-refractivity contribution in [2.24, 2.45) is 0 Å². The van der Waals surface area contributed by atoms with Crippen LogP contribution in [0.4, 0.5) is 11.4 Å².